The summed E-state index contributed by atoms with van der Waals surface area (Å²) < 4.78 is 60.0. The number of H-pyrrole nitrogens is 1. The lowest BCUT2D eigenvalue weighted by atomic mass is 10.1. The van der Waals surface area contributed by atoms with Gasteiger partial charge in [-0.3, -0.25) is 37.0 Å². The topological polar surface area (TPSA) is 321 Å². The molecule has 6 heterocycles. The van der Waals surface area contributed by atoms with Gasteiger partial charge in [0, 0.05) is 12.6 Å². The summed E-state index contributed by atoms with van der Waals surface area (Å²) in [6.45, 7) is -1.45. The second kappa shape index (κ2) is 11.4. The van der Waals surface area contributed by atoms with Crippen molar-refractivity contribution in [2.75, 3.05) is 24.7 Å². The third-order valence-corrected chi connectivity index (χ3v) is 9.04. The maximum absolute atomic E-state index is 13.0. The van der Waals surface area contributed by atoms with Crippen molar-refractivity contribution in [3.8, 4) is 0 Å². The molecule has 9 N–H and O–H groups in total. The van der Waals surface area contributed by atoms with Crippen molar-refractivity contribution in [3.63, 3.8) is 0 Å². The lowest BCUT2D eigenvalue weighted by Gasteiger charge is -2.24. The van der Waals surface area contributed by atoms with E-state index in [-0.39, 0.29) is 29.4 Å². The van der Waals surface area contributed by atoms with Gasteiger partial charge in [0.1, 0.15) is 36.3 Å². The summed E-state index contributed by atoms with van der Waals surface area (Å²) in [5, 5.41) is 22.0. The SMILES string of the molecule is Nc1ccn([C@@H]2O[C@@H]3CCOP(=O)(O)OC4[C@@H](COP(=O)(O)OC3[C@@H]2O)O[C@@H](n2cnc3c(=O)[nH]c(N)nc32)[C@H]4O)c(=O)n1. The highest BCUT2D eigenvalue weighted by Crippen LogP contribution is 2.53. The minimum absolute atomic E-state index is 0.104. The van der Waals surface area contributed by atoms with Crippen molar-refractivity contribution in [1.82, 2.24) is 29.1 Å². The summed E-state index contributed by atoms with van der Waals surface area (Å²) in [6.07, 6.45) is -10.6. The van der Waals surface area contributed by atoms with Crippen LogP contribution in [0.25, 0.3) is 11.2 Å². The minimum atomic E-state index is -5.08. The average molecular weight is 664 g/mol. The predicted octanol–water partition coefficient (Wildman–Crippen LogP) is -2.53. The third kappa shape index (κ3) is 5.83. The van der Waals surface area contributed by atoms with E-state index in [4.69, 9.17) is 39.0 Å². The molecule has 4 unspecified atom stereocenters. The van der Waals surface area contributed by atoms with Crippen molar-refractivity contribution in [2.45, 2.75) is 55.5 Å². The summed E-state index contributed by atoms with van der Waals surface area (Å²) in [7, 11) is -10.1. The summed E-state index contributed by atoms with van der Waals surface area (Å²) in [5.74, 6) is -0.380. The van der Waals surface area contributed by atoms with Gasteiger partial charge in [0.25, 0.3) is 5.56 Å². The Morgan fingerprint density at radius 3 is 2.27 bits per heavy atom. The summed E-state index contributed by atoms with van der Waals surface area (Å²) in [4.78, 5) is 59.3. The molecule has 3 aliphatic rings. The number of phosphoric acid groups is 2. The molecule has 0 radical (unpaired) electrons. The fraction of sp³-hybridized carbons (Fsp3) is 0.550. The highest BCUT2D eigenvalue weighted by molar-refractivity contribution is 7.47. The zero-order chi connectivity index (χ0) is 31.6. The largest absolute Gasteiger partial charge is 0.472 e. The Morgan fingerprint density at radius 1 is 0.932 bits per heavy atom. The molecule has 3 aromatic heterocycles. The quantitative estimate of drug-likeness (QED) is 0.139. The Balaban J connectivity index is 1.28. The molecule has 22 nitrogen and oxygen atoms in total. The van der Waals surface area contributed by atoms with E-state index in [2.05, 4.69) is 19.9 Å². The molecular weight excluding hydrogens is 638 g/mol. The molecule has 3 aliphatic heterocycles. The second-order valence-electron chi connectivity index (χ2n) is 9.92. The summed E-state index contributed by atoms with van der Waals surface area (Å²) in [6, 6.07) is 1.25. The Kier molecular flexibility index (Phi) is 7.97. The van der Waals surface area contributed by atoms with Gasteiger partial charge >= 0.3 is 21.3 Å². The number of nitrogens with one attached hydrogen (secondary N) is 1. The molecule has 0 bridgehead atoms. The highest BCUT2D eigenvalue weighted by Gasteiger charge is 2.53. The maximum Gasteiger partial charge on any atom is 0.472 e. The van der Waals surface area contributed by atoms with E-state index in [1.165, 1.54) is 12.3 Å². The number of phosphoric ester groups is 2. The van der Waals surface area contributed by atoms with Gasteiger partial charge in [-0.1, -0.05) is 0 Å². The molecule has 0 aromatic carbocycles. The zero-order valence-corrected chi connectivity index (χ0v) is 23.9. The number of rotatable bonds is 2. The number of nitrogen functional groups attached to an aromatic ring is 2. The number of aromatic amines is 1. The second-order valence-corrected chi connectivity index (χ2v) is 12.7. The Hall–Kier alpha value is -3.11. The molecule has 0 aliphatic carbocycles. The maximum atomic E-state index is 13.0. The molecule has 0 amide bonds. The van der Waals surface area contributed by atoms with Crippen molar-refractivity contribution in [2.24, 2.45) is 0 Å². The molecule has 0 saturated carbocycles. The molecule has 24 heteroatoms. The minimum Gasteiger partial charge on any atom is -0.386 e. The lowest BCUT2D eigenvalue weighted by molar-refractivity contribution is -0.0548. The Morgan fingerprint density at radius 2 is 1.57 bits per heavy atom. The van der Waals surface area contributed by atoms with E-state index in [0.29, 0.717) is 0 Å². The smallest absolute Gasteiger partial charge is 0.386 e. The van der Waals surface area contributed by atoms with Crippen LogP contribution in [0.2, 0.25) is 0 Å². The molecule has 240 valence electrons. The Bertz CT molecular complexity index is 1780. The van der Waals surface area contributed by atoms with E-state index in [1.807, 2.05) is 0 Å². The van der Waals surface area contributed by atoms with Crippen LogP contribution in [0.3, 0.4) is 0 Å². The molecule has 3 saturated heterocycles. The van der Waals surface area contributed by atoms with Gasteiger partial charge in [0.05, 0.1) is 25.6 Å². The first-order valence-corrected chi connectivity index (χ1v) is 15.8. The lowest BCUT2D eigenvalue weighted by Crippen LogP contribution is -2.37. The zero-order valence-electron chi connectivity index (χ0n) is 22.1. The fourth-order valence-electron chi connectivity index (χ4n) is 5.09. The van der Waals surface area contributed by atoms with Crippen LogP contribution in [0.4, 0.5) is 11.8 Å². The number of aromatic nitrogens is 6. The van der Waals surface area contributed by atoms with Gasteiger partial charge < -0.3 is 40.9 Å². The van der Waals surface area contributed by atoms with Crippen LogP contribution in [-0.4, -0.2) is 98.9 Å². The molecule has 6 rings (SSSR count). The van der Waals surface area contributed by atoms with Crippen LogP contribution in [-0.2, 0) is 36.7 Å². The van der Waals surface area contributed by atoms with Gasteiger partial charge in [-0.25, -0.2) is 18.9 Å². The Labute approximate surface area is 244 Å². The first kappa shape index (κ1) is 30.9. The van der Waals surface area contributed by atoms with Gasteiger partial charge in [0.2, 0.25) is 5.95 Å². The first-order valence-electron chi connectivity index (χ1n) is 12.8. The number of nitrogens with zero attached hydrogens (tertiary/aromatic N) is 5. The van der Waals surface area contributed by atoms with E-state index in [0.717, 1.165) is 15.5 Å². The van der Waals surface area contributed by atoms with Crippen molar-refractivity contribution in [1.29, 1.82) is 0 Å². The van der Waals surface area contributed by atoms with Crippen LogP contribution in [0.1, 0.15) is 18.9 Å². The number of anilines is 2. The highest BCUT2D eigenvalue weighted by atomic mass is 31.2. The van der Waals surface area contributed by atoms with Gasteiger partial charge in [0.15, 0.2) is 23.6 Å². The number of aliphatic hydroxyl groups is 2. The normalized spacial score (nSPS) is 38.4. The molecular formula is C20H26N8O14P2. The van der Waals surface area contributed by atoms with Crippen molar-refractivity contribution >= 4 is 38.6 Å². The van der Waals surface area contributed by atoms with E-state index < -0.39 is 89.2 Å². The molecule has 3 fully saturated rings. The van der Waals surface area contributed by atoms with E-state index >= 15 is 0 Å². The average Bonchev–Trinajstić information content (AvgIpc) is 3.57. The molecule has 3 aromatic rings. The number of ether oxygens (including phenoxy) is 2. The van der Waals surface area contributed by atoms with Crippen molar-refractivity contribution in [3.05, 3.63) is 39.4 Å². The standard InChI is InChI=1S/C20H26N8O14P2/c21-9-1-3-27(20(32)24-9)17-11(29)13-7(39-17)2-4-37-43(33,34)42-14-8(5-38-44(35,36)41-13)40-18(12(14)30)28-6-23-10-15(28)25-19(22)26-16(10)31/h1,3,6-8,11-14,17-18,29-30H,2,4-5H2,(H,33,34)(H,35,36)(H2,21,24,32)(H3,22,25,26,31)/t7-,8-,11+,12+,13?,14?,17-,18-/m1/s1. The number of nitrogens with two attached hydrogens (primary N) is 2. The number of fused-ring (bicyclic) bond motifs is 3. The molecule has 0 spiro atoms. The fourth-order valence-corrected chi connectivity index (χ4v) is 7.02. The number of hydrogen-bond acceptors (Lipinski definition) is 17. The number of aliphatic hydroxyl groups excluding tert-OH is 2. The monoisotopic (exact) mass is 664 g/mol. The number of imidazole rings is 1. The molecule has 44 heavy (non-hydrogen) atoms. The summed E-state index contributed by atoms with van der Waals surface area (Å²) >= 11 is 0. The van der Waals surface area contributed by atoms with Crippen LogP contribution in [0, 0.1) is 0 Å². The van der Waals surface area contributed by atoms with Crippen LogP contribution in [0.5, 0.6) is 0 Å². The summed E-state index contributed by atoms with van der Waals surface area (Å²) in [5.41, 5.74) is 9.25. The van der Waals surface area contributed by atoms with Gasteiger partial charge in [-0.2, -0.15) is 9.97 Å². The number of hydrogen-bond donors (Lipinski definition) is 7. The van der Waals surface area contributed by atoms with E-state index in [9.17, 15) is 38.7 Å². The predicted molar refractivity (Wildman–Crippen MR) is 141 cm³/mol. The van der Waals surface area contributed by atoms with Crippen LogP contribution >= 0.6 is 15.6 Å². The van der Waals surface area contributed by atoms with Crippen LogP contribution < -0.4 is 22.7 Å². The van der Waals surface area contributed by atoms with Gasteiger partial charge in [-0.05, 0) is 6.07 Å². The molecule has 10 atom stereocenters. The van der Waals surface area contributed by atoms with Crippen molar-refractivity contribution < 1.29 is 56.7 Å². The van der Waals surface area contributed by atoms with Crippen LogP contribution in [0.15, 0.2) is 28.2 Å². The van der Waals surface area contributed by atoms with E-state index in [1.54, 1.807) is 0 Å². The van der Waals surface area contributed by atoms with Gasteiger partial charge in [-0.15, -0.1) is 0 Å². The third-order valence-electron chi connectivity index (χ3n) is 7.04. The first-order chi connectivity index (χ1) is 20.7.